The highest BCUT2D eigenvalue weighted by Gasteiger charge is 2.77. The summed E-state index contributed by atoms with van der Waals surface area (Å²) < 4.78 is -1.17. The van der Waals surface area contributed by atoms with Crippen molar-refractivity contribution in [1.82, 2.24) is 9.80 Å². The molecule has 0 aromatic heterocycles. The number of unbranched alkanes of at least 4 members (excludes halogenated alkanes) is 2. The molecule has 3 fully saturated rings. The number of amides is 3. The largest absolute Gasteiger partial charge is 0.396 e. The Bertz CT molecular complexity index is 1450. The van der Waals surface area contributed by atoms with E-state index < -0.39 is 27.4 Å². The van der Waals surface area contributed by atoms with Gasteiger partial charge in [0.2, 0.25) is 11.8 Å². The van der Waals surface area contributed by atoms with Crippen LogP contribution in [0.2, 0.25) is 0 Å². The predicted molar refractivity (Wildman–Crippen MR) is 182 cm³/mol. The molecule has 3 heterocycles. The summed E-state index contributed by atoms with van der Waals surface area (Å²) >= 11 is 1.71. The number of anilines is 1. The number of aliphatic hydroxyl groups excluding tert-OH is 1. The van der Waals surface area contributed by atoms with Crippen molar-refractivity contribution in [2.45, 2.75) is 75.0 Å². The summed E-state index contributed by atoms with van der Waals surface area (Å²) in [6.45, 7) is 15.7. The van der Waals surface area contributed by atoms with E-state index in [4.69, 9.17) is 0 Å². The highest BCUT2D eigenvalue weighted by molar-refractivity contribution is 8.02. The molecule has 0 radical (unpaired) electrons. The van der Waals surface area contributed by atoms with Crippen molar-refractivity contribution in [2.24, 2.45) is 11.8 Å². The fourth-order valence-corrected chi connectivity index (χ4v) is 10.2. The molecule has 8 heteroatoms. The van der Waals surface area contributed by atoms with Crippen molar-refractivity contribution in [3.63, 3.8) is 0 Å². The maximum atomic E-state index is 15.0. The Labute approximate surface area is 272 Å². The van der Waals surface area contributed by atoms with Crippen molar-refractivity contribution < 1.29 is 19.5 Å². The number of carbonyl (C=O) groups is 3. The Balaban J connectivity index is 1.56. The van der Waals surface area contributed by atoms with E-state index in [2.05, 4.69) is 20.1 Å². The van der Waals surface area contributed by atoms with Crippen molar-refractivity contribution in [1.29, 1.82) is 0 Å². The second-order valence-corrected chi connectivity index (χ2v) is 15.0. The molecule has 1 spiro atoms. The van der Waals surface area contributed by atoms with E-state index in [9.17, 15) is 19.5 Å². The van der Waals surface area contributed by atoms with E-state index in [1.165, 1.54) is 0 Å². The van der Waals surface area contributed by atoms with Gasteiger partial charge in [0.15, 0.2) is 0 Å². The van der Waals surface area contributed by atoms with Gasteiger partial charge in [0.05, 0.1) is 16.6 Å². The minimum Gasteiger partial charge on any atom is -0.396 e. The number of hydrogen-bond acceptors (Lipinski definition) is 5. The van der Waals surface area contributed by atoms with Crippen molar-refractivity contribution in [3.8, 4) is 0 Å². The molecule has 7 nitrogen and oxygen atoms in total. The number of likely N-dealkylation sites (tertiary alicyclic amines) is 1. The summed E-state index contributed by atoms with van der Waals surface area (Å²) in [6, 6.07) is 15.3. The third-order valence-electron chi connectivity index (χ3n) is 9.94. The number of benzene rings is 2. The van der Waals surface area contributed by atoms with Crippen LogP contribution in [-0.4, -0.2) is 74.4 Å². The summed E-state index contributed by atoms with van der Waals surface area (Å²) in [5.41, 5.74) is 3.87. The lowest BCUT2D eigenvalue weighted by atomic mass is 9.66. The molecule has 3 aliphatic rings. The molecule has 45 heavy (non-hydrogen) atoms. The lowest BCUT2D eigenvalue weighted by Crippen LogP contribution is -2.55. The van der Waals surface area contributed by atoms with Crippen LogP contribution in [0.5, 0.6) is 0 Å². The van der Waals surface area contributed by atoms with Crippen molar-refractivity contribution in [3.05, 3.63) is 90.5 Å². The molecule has 3 amide bonds. The monoisotopic (exact) mass is 629 g/mol. The molecule has 2 bridgehead atoms. The first-order chi connectivity index (χ1) is 21.6. The van der Waals surface area contributed by atoms with Gasteiger partial charge in [-0.3, -0.25) is 14.4 Å². The summed E-state index contributed by atoms with van der Waals surface area (Å²) in [7, 11) is 0. The zero-order valence-electron chi connectivity index (χ0n) is 26.9. The first-order valence-electron chi connectivity index (χ1n) is 16.2. The molecule has 3 aliphatic heterocycles. The Kier molecular flexibility index (Phi) is 9.94. The average molecular weight is 630 g/mol. The minimum atomic E-state index is -0.704. The molecule has 0 saturated carbocycles. The van der Waals surface area contributed by atoms with E-state index in [0.29, 0.717) is 45.4 Å². The quantitative estimate of drug-likeness (QED) is 0.215. The molecule has 2 aromatic carbocycles. The highest BCUT2D eigenvalue weighted by atomic mass is 32.2. The fourth-order valence-electron chi connectivity index (χ4n) is 7.88. The summed E-state index contributed by atoms with van der Waals surface area (Å²) in [5, 5.41) is 9.40. The number of fused-ring (bicyclic) bond motifs is 1. The van der Waals surface area contributed by atoms with Crippen molar-refractivity contribution in [2.75, 3.05) is 31.1 Å². The Hall–Kier alpha value is -3.36. The average Bonchev–Trinajstić information content (AvgIpc) is 3.59. The summed E-state index contributed by atoms with van der Waals surface area (Å²) in [6.07, 6.45) is 7.02. The fraction of sp³-hybridized carbons (Fsp3) is 0.486. The van der Waals surface area contributed by atoms with Crippen molar-refractivity contribution >= 4 is 35.2 Å². The van der Waals surface area contributed by atoms with E-state index in [0.717, 1.165) is 35.2 Å². The maximum absolute atomic E-state index is 15.0. The number of aliphatic hydroxyl groups is 1. The first kappa shape index (κ1) is 33.0. The van der Waals surface area contributed by atoms with Gasteiger partial charge in [0.1, 0.15) is 6.04 Å². The normalized spacial score (nSPS) is 26.5. The molecule has 2 unspecified atom stereocenters. The smallest absolute Gasteiger partial charge is 0.251 e. The van der Waals surface area contributed by atoms with E-state index in [1.807, 2.05) is 67.3 Å². The molecule has 1 N–H and O–H groups in total. The van der Waals surface area contributed by atoms with Crippen LogP contribution < -0.4 is 4.90 Å². The van der Waals surface area contributed by atoms with Gasteiger partial charge in [-0.15, -0.1) is 24.9 Å². The Morgan fingerprint density at radius 3 is 2.44 bits per heavy atom. The molecule has 2 aromatic rings. The molecular formula is C37H47N3O4S. The van der Waals surface area contributed by atoms with Gasteiger partial charge < -0.3 is 19.8 Å². The zero-order chi connectivity index (χ0) is 32.4. The van der Waals surface area contributed by atoms with Gasteiger partial charge in [-0.05, 0) is 75.6 Å². The highest BCUT2D eigenvalue weighted by Crippen LogP contribution is 2.71. The van der Waals surface area contributed by atoms with Crippen LogP contribution in [0.3, 0.4) is 0 Å². The van der Waals surface area contributed by atoms with Gasteiger partial charge in [-0.1, -0.05) is 54.6 Å². The van der Waals surface area contributed by atoms with Gasteiger partial charge in [-0.2, -0.15) is 0 Å². The SMILES string of the molecule is C=CCN(Cc1ccccc1)C(=O)[C@H]1[C@H]2C(=O)N(CCCCCO)C(C(=O)N(CC=C)c3cc(C)ccc3C)C23CC[C@]1(C)S3. The van der Waals surface area contributed by atoms with E-state index in [1.54, 1.807) is 33.7 Å². The predicted octanol–water partition coefficient (Wildman–Crippen LogP) is 5.68. The lowest BCUT2D eigenvalue weighted by molar-refractivity contribution is -0.145. The number of aryl methyl sites for hydroxylation is 2. The number of carbonyl (C=O) groups excluding carboxylic acids is 3. The number of nitrogens with zero attached hydrogens (tertiary/aromatic N) is 3. The summed E-state index contributed by atoms with van der Waals surface area (Å²) in [4.78, 5) is 49.6. The minimum absolute atomic E-state index is 0.0421. The van der Waals surface area contributed by atoms with Crippen LogP contribution in [0.4, 0.5) is 5.69 Å². The standard InChI is InChI=1S/C37H47N3O4S/c1-6-20-38(25-28-14-10-8-11-15-28)33(42)30-31-34(43)40(22-12-9-13-23-41)32(37(31)19-18-36(30,5)45-37)35(44)39(21-7-2)29-24-26(3)16-17-27(29)4/h6-8,10-11,14-17,24,30-32,41H,1-2,9,12-13,18-23,25H2,3-5H3/t30-,31+,32?,36+,37?/m1/s1. The lowest BCUT2D eigenvalue weighted by Gasteiger charge is -2.38. The Morgan fingerprint density at radius 1 is 1.02 bits per heavy atom. The molecular weight excluding hydrogens is 582 g/mol. The zero-order valence-corrected chi connectivity index (χ0v) is 27.7. The van der Waals surface area contributed by atoms with E-state index >= 15 is 0 Å². The molecule has 3 saturated heterocycles. The van der Waals surface area contributed by atoms with Crippen LogP contribution in [0.25, 0.3) is 0 Å². The second kappa shape index (κ2) is 13.6. The third-order valence-corrected chi connectivity index (χ3v) is 11.9. The Morgan fingerprint density at radius 2 is 1.76 bits per heavy atom. The molecule has 0 aliphatic carbocycles. The van der Waals surface area contributed by atoms with E-state index in [-0.39, 0.29) is 24.3 Å². The molecule has 5 atom stereocenters. The van der Waals surface area contributed by atoms with Gasteiger partial charge in [0.25, 0.3) is 5.91 Å². The van der Waals surface area contributed by atoms with Crippen LogP contribution in [0, 0.1) is 25.7 Å². The topological polar surface area (TPSA) is 81.2 Å². The van der Waals surface area contributed by atoms with Gasteiger partial charge in [-0.25, -0.2) is 0 Å². The third kappa shape index (κ3) is 5.99. The summed E-state index contributed by atoms with van der Waals surface area (Å²) in [5.74, 6) is -1.38. The van der Waals surface area contributed by atoms with Crippen LogP contribution >= 0.6 is 11.8 Å². The first-order valence-corrected chi connectivity index (χ1v) is 17.0. The number of hydrogen-bond donors (Lipinski definition) is 1. The van der Waals surface area contributed by atoms with Crippen LogP contribution in [0.1, 0.15) is 55.7 Å². The number of thioether (sulfide) groups is 1. The maximum Gasteiger partial charge on any atom is 0.251 e. The molecule has 5 rings (SSSR count). The molecule has 240 valence electrons. The van der Waals surface area contributed by atoms with Crippen LogP contribution in [0.15, 0.2) is 73.8 Å². The number of rotatable bonds is 14. The second-order valence-electron chi connectivity index (χ2n) is 13.1. The van der Waals surface area contributed by atoms with Gasteiger partial charge >= 0.3 is 0 Å². The van der Waals surface area contributed by atoms with Crippen LogP contribution in [-0.2, 0) is 20.9 Å². The van der Waals surface area contributed by atoms with Gasteiger partial charge in [0, 0.05) is 43.2 Å².